The van der Waals surface area contributed by atoms with Gasteiger partial charge in [-0.25, -0.2) is 0 Å². The van der Waals surface area contributed by atoms with Gasteiger partial charge in [-0.15, -0.1) is 0 Å². The van der Waals surface area contributed by atoms with E-state index in [1.54, 1.807) is 18.6 Å². The second-order valence-electron chi connectivity index (χ2n) is 13.1. The third-order valence-corrected chi connectivity index (χ3v) is 4.74. The summed E-state index contributed by atoms with van der Waals surface area (Å²) in [6.45, 7) is 25.8. The maximum atomic E-state index is 4.40. The molecule has 0 fully saturated rings. The van der Waals surface area contributed by atoms with E-state index in [-0.39, 0.29) is 0 Å². The summed E-state index contributed by atoms with van der Waals surface area (Å²) in [5.74, 6) is 0. The van der Waals surface area contributed by atoms with Crippen LogP contribution in [-0.2, 0) is 19.3 Å². The first-order chi connectivity index (χ1) is 16.4. The zero-order valence-corrected chi connectivity index (χ0v) is 24.8. The average Bonchev–Trinajstić information content (AvgIpc) is 2.69. The minimum atomic E-state index is 0.292. The molecule has 3 aromatic rings. The van der Waals surface area contributed by atoms with Crippen LogP contribution in [0.25, 0.3) is 0 Å². The number of nitrogens with zero attached hydrogens (tertiary/aromatic N) is 6. The van der Waals surface area contributed by atoms with E-state index in [1.165, 1.54) is 0 Å². The summed E-state index contributed by atoms with van der Waals surface area (Å²) in [6, 6.07) is 0. The molecule has 0 unspecified atom stereocenters. The van der Waals surface area contributed by atoms with Crippen molar-refractivity contribution in [3.05, 3.63) is 71.3 Å². The Balaban J connectivity index is 0.000000270. The van der Waals surface area contributed by atoms with Crippen LogP contribution in [0.2, 0.25) is 0 Å². The van der Waals surface area contributed by atoms with Gasteiger partial charge in [0.1, 0.15) is 0 Å². The molecule has 0 aliphatic heterocycles. The molecule has 0 bridgehead atoms. The van der Waals surface area contributed by atoms with Gasteiger partial charge in [-0.2, -0.15) is 0 Å². The van der Waals surface area contributed by atoms with Crippen molar-refractivity contribution in [1.82, 2.24) is 29.9 Å². The monoisotopic (exact) mass is 492 g/mol. The predicted octanol–water partition coefficient (Wildman–Crippen LogP) is 7.12. The standard InChI is InChI=1S/3C10H16N2/c1-8-6-12-9(7-11-8)5-10(2,3)4;1-8-6-11-7-9(12-8)5-10(2,3)4;1-8-9(7-10(2,3)4)12-6-5-11-8/h2*6-7H,5H2,1-4H3;5-6H,7H2,1-4H3. The molecule has 0 saturated heterocycles. The van der Waals surface area contributed by atoms with Gasteiger partial charge in [0.2, 0.25) is 0 Å². The van der Waals surface area contributed by atoms with Crippen molar-refractivity contribution in [3.8, 4) is 0 Å². The second-order valence-corrected chi connectivity index (χ2v) is 13.1. The summed E-state index contributed by atoms with van der Waals surface area (Å²) in [6.07, 6.45) is 13.8. The van der Waals surface area contributed by atoms with Gasteiger partial charge < -0.3 is 0 Å². The topological polar surface area (TPSA) is 77.3 Å². The molecule has 36 heavy (non-hydrogen) atoms. The molecule has 0 N–H and O–H groups in total. The van der Waals surface area contributed by atoms with E-state index >= 15 is 0 Å². The minimum Gasteiger partial charge on any atom is -0.261 e. The molecule has 0 aliphatic carbocycles. The number of aryl methyl sites for hydroxylation is 3. The zero-order chi connectivity index (χ0) is 27.6. The molecule has 198 valence electrons. The van der Waals surface area contributed by atoms with Gasteiger partial charge in [-0.05, 0) is 56.3 Å². The fraction of sp³-hybridized carbons (Fsp3) is 0.600. The Morgan fingerprint density at radius 1 is 0.528 bits per heavy atom. The van der Waals surface area contributed by atoms with E-state index < -0.39 is 0 Å². The molecule has 0 aromatic carbocycles. The Morgan fingerprint density at radius 2 is 1.08 bits per heavy atom. The molecule has 0 atom stereocenters. The van der Waals surface area contributed by atoms with E-state index in [0.717, 1.165) is 53.4 Å². The van der Waals surface area contributed by atoms with Crippen molar-refractivity contribution in [2.24, 2.45) is 16.2 Å². The SMILES string of the molecule is Cc1cnc(CC(C)(C)C)cn1.Cc1cncc(CC(C)(C)C)n1.Cc1nccnc1CC(C)(C)C. The molecule has 3 rings (SSSR count). The highest BCUT2D eigenvalue weighted by molar-refractivity contribution is 5.09. The molecule has 0 radical (unpaired) electrons. The van der Waals surface area contributed by atoms with E-state index in [9.17, 15) is 0 Å². The third-order valence-electron chi connectivity index (χ3n) is 4.74. The molecular weight excluding hydrogens is 444 g/mol. The summed E-state index contributed by atoms with van der Waals surface area (Å²) < 4.78 is 0. The van der Waals surface area contributed by atoms with Crippen molar-refractivity contribution < 1.29 is 0 Å². The first-order valence-electron chi connectivity index (χ1n) is 12.8. The lowest BCUT2D eigenvalue weighted by Crippen LogP contribution is -2.12. The van der Waals surface area contributed by atoms with E-state index in [1.807, 2.05) is 39.4 Å². The molecule has 0 saturated carbocycles. The average molecular weight is 493 g/mol. The van der Waals surface area contributed by atoms with Crippen LogP contribution in [0.3, 0.4) is 0 Å². The van der Waals surface area contributed by atoms with E-state index in [0.29, 0.717) is 16.2 Å². The Hall–Kier alpha value is -2.76. The van der Waals surface area contributed by atoms with Crippen LogP contribution < -0.4 is 0 Å². The van der Waals surface area contributed by atoms with Crippen molar-refractivity contribution in [2.75, 3.05) is 0 Å². The highest BCUT2D eigenvalue weighted by Crippen LogP contribution is 2.20. The number of hydrogen-bond acceptors (Lipinski definition) is 6. The fourth-order valence-electron chi connectivity index (χ4n) is 3.31. The molecule has 3 heterocycles. The van der Waals surface area contributed by atoms with E-state index in [2.05, 4.69) is 92.2 Å². The molecule has 3 aromatic heterocycles. The lowest BCUT2D eigenvalue weighted by Gasteiger charge is -2.17. The Morgan fingerprint density at radius 3 is 1.56 bits per heavy atom. The van der Waals surface area contributed by atoms with Crippen LogP contribution >= 0.6 is 0 Å². The lowest BCUT2D eigenvalue weighted by molar-refractivity contribution is 0.404. The Bertz CT molecular complexity index is 1040. The Kier molecular flexibility index (Phi) is 11.7. The zero-order valence-electron chi connectivity index (χ0n) is 24.8. The highest BCUT2D eigenvalue weighted by Gasteiger charge is 2.14. The largest absolute Gasteiger partial charge is 0.261 e. The molecule has 0 amide bonds. The number of hydrogen-bond donors (Lipinski definition) is 0. The van der Waals surface area contributed by atoms with Crippen LogP contribution in [0.4, 0.5) is 0 Å². The molecule has 6 nitrogen and oxygen atoms in total. The normalized spacial score (nSPS) is 11.7. The molecule has 6 heteroatoms. The molecular formula is C30H48N6. The smallest absolute Gasteiger partial charge is 0.0621 e. The highest BCUT2D eigenvalue weighted by atomic mass is 14.8. The van der Waals surface area contributed by atoms with Gasteiger partial charge in [-0.1, -0.05) is 62.3 Å². The van der Waals surface area contributed by atoms with Gasteiger partial charge in [0.15, 0.2) is 0 Å². The minimum absolute atomic E-state index is 0.292. The quantitative estimate of drug-likeness (QED) is 0.387. The second kappa shape index (κ2) is 13.5. The third kappa shape index (κ3) is 15.3. The maximum Gasteiger partial charge on any atom is 0.0621 e. The fourth-order valence-corrected chi connectivity index (χ4v) is 3.31. The maximum absolute atomic E-state index is 4.40. The van der Waals surface area contributed by atoms with Crippen molar-refractivity contribution in [2.45, 2.75) is 102 Å². The summed E-state index contributed by atoms with van der Waals surface area (Å²) >= 11 is 0. The van der Waals surface area contributed by atoms with Gasteiger partial charge in [0.25, 0.3) is 0 Å². The summed E-state index contributed by atoms with van der Waals surface area (Å²) in [7, 11) is 0. The number of rotatable bonds is 3. The summed E-state index contributed by atoms with van der Waals surface area (Å²) in [4.78, 5) is 25.5. The van der Waals surface area contributed by atoms with Crippen molar-refractivity contribution in [1.29, 1.82) is 0 Å². The molecule has 0 aliphatic rings. The van der Waals surface area contributed by atoms with Crippen LogP contribution in [0.1, 0.15) is 96.5 Å². The van der Waals surface area contributed by atoms with Gasteiger partial charge >= 0.3 is 0 Å². The summed E-state index contributed by atoms with van der Waals surface area (Å²) in [5.41, 5.74) is 7.19. The van der Waals surface area contributed by atoms with Gasteiger partial charge in [0, 0.05) is 37.2 Å². The van der Waals surface area contributed by atoms with Crippen molar-refractivity contribution in [3.63, 3.8) is 0 Å². The van der Waals surface area contributed by atoms with Crippen LogP contribution in [0.15, 0.2) is 37.2 Å². The van der Waals surface area contributed by atoms with Crippen LogP contribution in [-0.4, -0.2) is 29.9 Å². The van der Waals surface area contributed by atoms with Crippen LogP contribution in [0, 0.1) is 37.0 Å². The Labute approximate surface area is 219 Å². The summed E-state index contributed by atoms with van der Waals surface area (Å²) in [5, 5.41) is 0. The van der Waals surface area contributed by atoms with E-state index in [4.69, 9.17) is 0 Å². The number of aromatic nitrogens is 6. The first kappa shape index (κ1) is 31.3. The van der Waals surface area contributed by atoms with Gasteiger partial charge in [-0.3, -0.25) is 29.9 Å². The van der Waals surface area contributed by atoms with Crippen LogP contribution in [0.5, 0.6) is 0 Å². The molecule has 0 spiro atoms. The lowest BCUT2D eigenvalue weighted by atomic mass is 9.90. The van der Waals surface area contributed by atoms with Gasteiger partial charge in [0.05, 0.1) is 34.2 Å². The predicted molar refractivity (Wildman–Crippen MR) is 150 cm³/mol. The first-order valence-corrected chi connectivity index (χ1v) is 12.8. The van der Waals surface area contributed by atoms with Crippen molar-refractivity contribution >= 4 is 0 Å².